The summed E-state index contributed by atoms with van der Waals surface area (Å²) >= 11 is 0. The highest BCUT2D eigenvalue weighted by Gasteiger charge is 2.45. The van der Waals surface area contributed by atoms with E-state index in [1.807, 2.05) is 30.3 Å². The molecule has 1 aliphatic heterocycles. The van der Waals surface area contributed by atoms with Gasteiger partial charge in [-0.3, -0.25) is 19.3 Å². The number of nitrogens with zero attached hydrogens (tertiary/aromatic N) is 4. The average molecular weight is 600 g/mol. The number of halogens is 3. The highest BCUT2D eigenvalue weighted by Crippen LogP contribution is 2.44. The molecule has 2 heterocycles. The zero-order valence-electron chi connectivity index (χ0n) is 24.1. The van der Waals surface area contributed by atoms with Crippen LogP contribution < -0.4 is 15.1 Å². The largest absolute Gasteiger partial charge is 0.416 e. The van der Waals surface area contributed by atoms with Crippen molar-refractivity contribution in [2.75, 3.05) is 23.4 Å². The normalized spacial score (nSPS) is 16.0. The van der Waals surface area contributed by atoms with Gasteiger partial charge in [-0.1, -0.05) is 48.4 Å². The molecule has 0 saturated heterocycles. The summed E-state index contributed by atoms with van der Waals surface area (Å²) in [6.45, 7) is 3.54. The van der Waals surface area contributed by atoms with E-state index in [1.54, 1.807) is 56.0 Å². The Hall–Kier alpha value is -5.37. The van der Waals surface area contributed by atoms with Gasteiger partial charge in [0.05, 0.1) is 17.4 Å². The lowest BCUT2D eigenvalue weighted by Crippen LogP contribution is -2.55. The molecule has 4 aromatic rings. The Morgan fingerprint density at radius 2 is 1.70 bits per heavy atom. The van der Waals surface area contributed by atoms with Crippen molar-refractivity contribution in [3.05, 3.63) is 107 Å². The third-order valence-corrected chi connectivity index (χ3v) is 7.45. The predicted molar refractivity (Wildman–Crippen MR) is 159 cm³/mol. The first-order valence-corrected chi connectivity index (χ1v) is 13.8. The molecule has 0 aliphatic carbocycles. The monoisotopic (exact) mass is 599 g/mol. The minimum Gasteiger partial charge on any atom is -0.339 e. The first kappa shape index (κ1) is 30.1. The van der Waals surface area contributed by atoms with Gasteiger partial charge in [-0.25, -0.2) is 4.68 Å². The molecule has 11 heteroatoms. The van der Waals surface area contributed by atoms with Crippen LogP contribution in [0.5, 0.6) is 0 Å². The van der Waals surface area contributed by atoms with Gasteiger partial charge in [0.15, 0.2) is 0 Å². The van der Waals surface area contributed by atoms with Gasteiger partial charge in [0.25, 0.3) is 11.8 Å². The van der Waals surface area contributed by atoms with Gasteiger partial charge >= 0.3 is 12.1 Å². The summed E-state index contributed by atoms with van der Waals surface area (Å²) in [7, 11) is 1.55. The van der Waals surface area contributed by atoms with Crippen molar-refractivity contribution in [3.63, 3.8) is 0 Å². The third-order valence-electron chi connectivity index (χ3n) is 7.45. The van der Waals surface area contributed by atoms with Crippen molar-refractivity contribution in [1.82, 2.24) is 15.1 Å². The second kappa shape index (κ2) is 12.1. The zero-order valence-corrected chi connectivity index (χ0v) is 24.1. The lowest BCUT2D eigenvalue weighted by Gasteiger charge is -2.39. The number of alkyl halides is 3. The first-order valence-electron chi connectivity index (χ1n) is 13.8. The smallest absolute Gasteiger partial charge is 0.339 e. The molecule has 0 radical (unpaired) electrons. The number of benzene rings is 3. The number of carbonyl (C=O) groups excluding carboxylic acids is 3. The van der Waals surface area contributed by atoms with Crippen molar-refractivity contribution < 1.29 is 27.6 Å². The minimum absolute atomic E-state index is 0.221. The van der Waals surface area contributed by atoms with E-state index in [4.69, 9.17) is 0 Å². The maximum absolute atomic E-state index is 14.3. The molecule has 8 nitrogen and oxygen atoms in total. The fraction of sp³-hybridized carbons (Fsp3) is 0.212. The minimum atomic E-state index is -4.66. The van der Waals surface area contributed by atoms with Crippen molar-refractivity contribution in [2.24, 2.45) is 0 Å². The maximum atomic E-state index is 14.3. The van der Waals surface area contributed by atoms with Crippen LogP contribution in [0.4, 0.5) is 24.7 Å². The molecule has 0 saturated carbocycles. The first-order chi connectivity index (χ1) is 21.1. The Kier molecular flexibility index (Phi) is 8.27. The van der Waals surface area contributed by atoms with E-state index in [2.05, 4.69) is 22.3 Å². The second-order valence-electron chi connectivity index (χ2n) is 10.1. The number of carbonyl (C=O) groups is 3. The molecule has 44 heavy (non-hydrogen) atoms. The highest BCUT2D eigenvalue weighted by molar-refractivity contribution is 6.07. The van der Waals surface area contributed by atoms with Crippen LogP contribution in [0, 0.1) is 11.8 Å². The van der Waals surface area contributed by atoms with E-state index in [0.717, 1.165) is 18.2 Å². The van der Waals surface area contributed by atoms with Crippen LogP contribution in [-0.4, -0.2) is 47.1 Å². The summed E-state index contributed by atoms with van der Waals surface area (Å²) in [5, 5.41) is 7.33. The van der Waals surface area contributed by atoms with Crippen LogP contribution in [0.15, 0.2) is 85.1 Å². The van der Waals surface area contributed by atoms with Gasteiger partial charge in [0.1, 0.15) is 11.9 Å². The lowest BCUT2D eigenvalue weighted by atomic mass is 9.81. The van der Waals surface area contributed by atoms with Crippen molar-refractivity contribution in [1.29, 1.82) is 0 Å². The summed E-state index contributed by atoms with van der Waals surface area (Å²) in [6.07, 6.45) is -3.05. The van der Waals surface area contributed by atoms with E-state index in [-0.39, 0.29) is 12.1 Å². The van der Waals surface area contributed by atoms with Gasteiger partial charge in [-0.15, -0.1) is 0 Å². The number of rotatable bonds is 6. The fourth-order valence-corrected chi connectivity index (χ4v) is 5.41. The molecule has 3 aromatic carbocycles. The molecule has 224 valence electrons. The Morgan fingerprint density at radius 1 is 1.00 bits per heavy atom. The van der Waals surface area contributed by atoms with Crippen LogP contribution in [0.1, 0.15) is 46.8 Å². The number of hydrogen-bond acceptors (Lipinski definition) is 4. The lowest BCUT2D eigenvalue weighted by molar-refractivity contribution is -0.137. The van der Waals surface area contributed by atoms with Crippen LogP contribution in [0.25, 0.3) is 5.69 Å². The number of para-hydroxylation sites is 2. The van der Waals surface area contributed by atoms with E-state index in [1.165, 1.54) is 15.9 Å². The van der Waals surface area contributed by atoms with E-state index in [0.29, 0.717) is 28.3 Å². The molecular weight excluding hydrogens is 571 g/mol. The van der Waals surface area contributed by atoms with E-state index >= 15 is 0 Å². The standard InChI is InChI=1S/C33H28F3N5O3/c1-4-12-27(42)39(3)26-18-10-9-17-24(26)28-25-20-37-41(23-15-7-6-8-16-23)31(25)40(5-2)32(44)29(28)38-30(43)21-13-11-14-22(19-21)33(34,35)36/h6-11,13-20,28-29H,5H2,1-3H3,(H,38,43)/t28-,29+/m0/s1. The van der Waals surface area contributed by atoms with Gasteiger partial charge < -0.3 is 10.2 Å². The molecule has 0 bridgehead atoms. The molecule has 0 fully saturated rings. The van der Waals surface area contributed by atoms with Crippen LogP contribution in [-0.2, 0) is 15.8 Å². The molecule has 0 unspecified atom stereocenters. The zero-order chi connectivity index (χ0) is 31.6. The number of anilines is 2. The number of likely N-dealkylation sites (N-methyl/N-ethyl adjacent to an activating group) is 1. The Bertz CT molecular complexity index is 1790. The Labute approximate surface area is 252 Å². The SMILES string of the molecule is CC#CC(=O)N(C)c1ccccc1[C@H]1c2cnn(-c3ccccc3)c2N(CC)C(=O)[C@@H]1NC(=O)c1cccc(C(F)(F)F)c1. The van der Waals surface area contributed by atoms with Gasteiger partial charge in [0, 0.05) is 36.3 Å². The molecule has 2 atom stereocenters. The van der Waals surface area contributed by atoms with Crippen LogP contribution in [0.2, 0.25) is 0 Å². The van der Waals surface area contributed by atoms with Crippen molar-refractivity contribution >= 4 is 29.2 Å². The Balaban J connectivity index is 1.69. The Morgan fingerprint density at radius 3 is 2.39 bits per heavy atom. The molecule has 1 aromatic heterocycles. The fourth-order valence-electron chi connectivity index (χ4n) is 5.41. The molecule has 1 N–H and O–H groups in total. The maximum Gasteiger partial charge on any atom is 0.416 e. The topological polar surface area (TPSA) is 87.5 Å². The van der Waals surface area contributed by atoms with Gasteiger partial charge in [-0.2, -0.15) is 18.3 Å². The third kappa shape index (κ3) is 5.54. The number of nitrogens with one attached hydrogen (secondary N) is 1. The predicted octanol–water partition coefficient (Wildman–Crippen LogP) is 5.17. The number of amides is 3. The van der Waals surface area contributed by atoms with Crippen molar-refractivity contribution in [2.45, 2.75) is 32.0 Å². The number of hydrogen-bond donors (Lipinski definition) is 1. The molecular formula is C33H28F3N5O3. The van der Waals surface area contributed by atoms with E-state index in [9.17, 15) is 27.6 Å². The molecule has 0 spiro atoms. The van der Waals surface area contributed by atoms with Gasteiger partial charge in [-0.05, 0) is 61.7 Å². The quantitative estimate of drug-likeness (QED) is 0.310. The summed E-state index contributed by atoms with van der Waals surface area (Å²) < 4.78 is 41.9. The summed E-state index contributed by atoms with van der Waals surface area (Å²) in [6, 6.07) is 18.9. The molecule has 1 aliphatic rings. The van der Waals surface area contributed by atoms with Gasteiger partial charge in [0.2, 0.25) is 0 Å². The second-order valence-corrected chi connectivity index (χ2v) is 10.1. The van der Waals surface area contributed by atoms with Crippen molar-refractivity contribution in [3.8, 4) is 17.5 Å². The highest BCUT2D eigenvalue weighted by atomic mass is 19.4. The van der Waals surface area contributed by atoms with Crippen LogP contribution in [0.3, 0.4) is 0 Å². The van der Waals surface area contributed by atoms with E-state index < -0.39 is 41.4 Å². The summed E-state index contributed by atoms with van der Waals surface area (Å²) in [4.78, 5) is 43.5. The average Bonchev–Trinajstić information content (AvgIpc) is 3.46. The summed E-state index contributed by atoms with van der Waals surface area (Å²) in [5.41, 5.74) is 1.01. The molecule has 3 amide bonds. The van der Waals surface area contributed by atoms with Crippen LogP contribution >= 0.6 is 0 Å². The summed E-state index contributed by atoms with van der Waals surface area (Å²) in [5.74, 6) is 2.89. The number of fused-ring (bicyclic) bond motifs is 1. The molecule has 5 rings (SSSR count). The number of aromatic nitrogens is 2.